The van der Waals surface area contributed by atoms with Crippen LogP contribution in [-0.4, -0.2) is 11.9 Å². The zero-order chi connectivity index (χ0) is 15.8. The average Bonchev–Trinajstić information content (AvgIpc) is 2.39. The number of hydrogen-bond acceptors (Lipinski definition) is 2. The number of hydrogen-bond donors (Lipinski definition) is 2. The van der Waals surface area contributed by atoms with E-state index in [0.717, 1.165) is 12.8 Å². The van der Waals surface area contributed by atoms with E-state index in [9.17, 15) is 9.18 Å². The first-order valence-electron chi connectivity index (χ1n) is 7.25. The van der Waals surface area contributed by atoms with E-state index in [2.05, 4.69) is 26.1 Å². The molecule has 1 fully saturated rings. The van der Waals surface area contributed by atoms with Crippen LogP contribution in [0.4, 0.5) is 10.1 Å². The fraction of sp³-hybridized carbons (Fsp3) is 0.562. The summed E-state index contributed by atoms with van der Waals surface area (Å²) in [6, 6.07) is 4.35. The molecule has 1 aliphatic carbocycles. The Morgan fingerprint density at radius 3 is 2.71 bits per heavy atom. The highest BCUT2D eigenvalue weighted by atomic mass is 35.5. The number of anilines is 1. The number of nitrogens with one attached hydrogen (secondary N) is 1. The van der Waals surface area contributed by atoms with Gasteiger partial charge in [0.05, 0.1) is 5.69 Å². The molecule has 1 aromatic rings. The molecular formula is C16H22ClFN2O. The molecule has 116 valence electrons. The molecule has 0 radical (unpaired) electrons. The maximum Gasteiger partial charge on any atom is 0.228 e. The molecule has 1 aliphatic rings. The summed E-state index contributed by atoms with van der Waals surface area (Å²) in [6.45, 7) is 6.19. The van der Waals surface area contributed by atoms with E-state index in [-0.39, 0.29) is 34.9 Å². The molecule has 3 unspecified atom stereocenters. The molecule has 5 heteroatoms. The van der Waals surface area contributed by atoms with E-state index >= 15 is 0 Å². The Kier molecular flexibility index (Phi) is 4.59. The van der Waals surface area contributed by atoms with E-state index in [1.807, 2.05) is 0 Å². The van der Waals surface area contributed by atoms with Gasteiger partial charge in [-0.2, -0.15) is 0 Å². The van der Waals surface area contributed by atoms with Crippen LogP contribution in [0.3, 0.4) is 0 Å². The number of amides is 1. The minimum Gasteiger partial charge on any atom is -0.327 e. The fourth-order valence-electron chi connectivity index (χ4n) is 3.13. The van der Waals surface area contributed by atoms with Gasteiger partial charge in [0.25, 0.3) is 0 Å². The van der Waals surface area contributed by atoms with E-state index in [4.69, 9.17) is 17.3 Å². The number of rotatable bonds is 2. The summed E-state index contributed by atoms with van der Waals surface area (Å²) in [5.41, 5.74) is 6.05. The molecule has 0 bridgehead atoms. The van der Waals surface area contributed by atoms with Crippen molar-refractivity contribution in [3.63, 3.8) is 0 Å². The predicted octanol–water partition coefficient (Wildman–Crippen LogP) is 3.82. The molecule has 3 atom stereocenters. The number of halogens is 2. The van der Waals surface area contributed by atoms with Crippen LogP contribution in [0.1, 0.15) is 33.6 Å². The second-order valence-electron chi connectivity index (χ2n) is 6.52. The van der Waals surface area contributed by atoms with Gasteiger partial charge in [0.2, 0.25) is 5.91 Å². The lowest BCUT2D eigenvalue weighted by Crippen LogP contribution is -2.50. The first-order chi connectivity index (χ1) is 9.73. The van der Waals surface area contributed by atoms with Gasteiger partial charge in [-0.1, -0.05) is 32.4 Å². The summed E-state index contributed by atoms with van der Waals surface area (Å²) in [5, 5.41) is 2.99. The second-order valence-corrected chi connectivity index (χ2v) is 6.95. The van der Waals surface area contributed by atoms with Crippen LogP contribution in [0.25, 0.3) is 0 Å². The van der Waals surface area contributed by atoms with Crippen molar-refractivity contribution in [2.24, 2.45) is 23.0 Å². The van der Waals surface area contributed by atoms with Gasteiger partial charge in [0, 0.05) is 17.0 Å². The third-order valence-corrected chi connectivity index (χ3v) is 5.24. The standard InChI is InChI=1S/C16H22ClFN2O/c1-9-13(19)6-5-11(16(9,2)3)15(21)20-14-7-4-10(17)8-12(14)18/h4,7-9,11,13H,5-6,19H2,1-3H3,(H,20,21). The van der Waals surface area contributed by atoms with Crippen LogP contribution < -0.4 is 11.1 Å². The first-order valence-corrected chi connectivity index (χ1v) is 7.62. The lowest BCUT2D eigenvalue weighted by atomic mass is 9.61. The van der Waals surface area contributed by atoms with Crippen molar-refractivity contribution in [3.8, 4) is 0 Å². The van der Waals surface area contributed by atoms with Crippen LogP contribution in [-0.2, 0) is 4.79 Å². The molecule has 3 N–H and O–H groups in total. The molecule has 3 nitrogen and oxygen atoms in total. The Hall–Kier alpha value is -1.13. The van der Waals surface area contributed by atoms with Crippen molar-refractivity contribution in [1.82, 2.24) is 0 Å². The molecule has 0 aromatic heterocycles. The van der Waals surface area contributed by atoms with Gasteiger partial charge in [-0.15, -0.1) is 0 Å². The van der Waals surface area contributed by atoms with Crippen molar-refractivity contribution >= 4 is 23.2 Å². The normalized spacial score (nSPS) is 28.2. The van der Waals surface area contributed by atoms with Crippen LogP contribution in [0.2, 0.25) is 5.02 Å². The van der Waals surface area contributed by atoms with E-state index < -0.39 is 5.82 Å². The highest BCUT2D eigenvalue weighted by molar-refractivity contribution is 6.30. The van der Waals surface area contributed by atoms with Crippen molar-refractivity contribution < 1.29 is 9.18 Å². The summed E-state index contributed by atoms with van der Waals surface area (Å²) in [5.74, 6) is -0.617. The highest BCUT2D eigenvalue weighted by Gasteiger charge is 2.45. The molecular weight excluding hydrogens is 291 g/mol. The van der Waals surface area contributed by atoms with Gasteiger partial charge in [-0.05, 0) is 42.4 Å². The molecule has 0 saturated heterocycles. The van der Waals surface area contributed by atoms with Crippen LogP contribution in [0.5, 0.6) is 0 Å². The zero-order valence-corrected chi connectivity index (χ0v) is 13.4. The summed E-state index contributed by atoms with van der Waals surface area (Å²) >= 11 is 5.72. The quantitative estimate of drug-likeness (QED) is 0.872. The number of carbonyl (C=O) groups excluding carboxylic acids is 1. The molecule has 0 aliphatic heterocycles. The zero-order valence-electron chi connectivity index (χ0n) is 12.6. The third-order valence-electron chi connectivity index (χ3n) is 5.01. The topological polar surface area (TPSA) is 55.1 Å². The predicted molar refractivity (Wildman–Crippen MR) is 83.7 cm³/mol. The SMILES string of the molecule is CC1C(N)CCC(C(=O)Nc2ccc(Cl)cc2F)C1(C)C. The smallest absolute Gasteiger partial charge is 0.228 e. The minimum absolute atomic E-state index is 0.108. The summed E-state index contributed by atoms with van der Waals surface area (Å²) in [6.07, 6.45) is 1.53. The van der Waals surface area contributed by atoms with E-state index in [1.165, 1.54) is 12.1 Å². The van der Waals surface area contributed by atoms with Gasteiger partial charge < -0.3 is 11.1 Å². The van der Waals surface area contributed by atoms with Gasteiger partial charge in [0.15, 0.2) is 0 Å². The third kappa shape index (κ3) is 3.22. The Bertz CT molecular complexity index is 547. The van der Waals surface area contributed by atoms with Gasteiger partial charge in [0.1, 0.15) is 5.82 Å². The largest absolute Gasteiger partial charge is 0.327 e. The molecule has 1 saturated carbocycles. The van der Waals surface area contributed by atoms with Crippen molar-refractivity contribution in [1.29, 1.82) is 0 Å². The van der Waals surface area contributed by atoms with Gasteiger partial charge >= 0.3 is 0 Å². The van der Waals surface area contributed by atoms with Gasteiger partial charge in [-0.25, -0.2) is 4.39 Å². The summed E-state index contributed by atoms with van der Waals surface area (Å²) in [4.78, 5) is 12.5. The number of nitrogens with two attached hydrogens (primary N) is 1. The van der Waals surface area contributed by atoms with Crippen molar-refractivity contribution in [3.05, 3.63) is 29.0 Å². The fourth-order valence-corrected chi connectivity index (χ4v) is 3.29. The van der Waals surface area contributed by atoms with Crippen LogP contribution in [0, 0.1) is 23.1 Å². The Balaban J connectivity index is 2.16. The number of benzene rings is 1. The van der Waals surface area contributed by atoms with Gasteiger partial charge in [-0.3, -0.25) is 4.79 Å². The molecule has 2 rings (SSSR count). The maximum atomic E-state index is 13.8. The summed E-state index contributed by atoms with van der Waals surface area (Å²) in [7, 11) is 0. The van der Waals surface area contributed by atoms with Crippen LogP contribution >= 0.6 is 11.6 Å². The average molecular weight is 313 g/mol. The molecule has 1 amide bonds. The van der Waals surface area contributed by atoms with E-state index in [0.29, 0.717) is 5.02 Å². The monoisotopic (exact) mass is 312 g/mol. The molecule has 1 aromatic carbocycles. The Morgan fingerprint density at radius 2 is 2.10 bits per heavy atom. The molecule has 21 heavy (non-hydrogen) atoms. The highest BCUT2D eigenvalue weighted by Crippen LogP contribution is 2.44. The minimum atomic E-state index is -0.519. The number of carbonyl (C=O) groups is 1. The van der Waals surface area contributed by atoms with Crippen LogP contribution in [0.15, 0.2) is 18.2 Å². The second kappa shape index (κ2) is 5.93. The van der Waals surface area contributed by atoms with E-state index in [1.54, 1.807) is 6.07 Å². The van der Waals surface area contributed by atoms with Crippen molar-refractivity contribution in [2.45, 2.75) is 39.7 Å². The maximum absolute atomic E-state index is 13.8. The lowest BCUT2D eigenvalue weighted by molar-refractivity contribution is -0.127. The Labute approximate surface area is 130 Å². The van der Waals surface area contributed by atoms with Crippen molar-refractivity contribution in [2.75, 3.05) is 5.32 Å². The lowest BCUT2D eigenvalue weighted by Gasteiger charge is -2.46. The molecule has 0 spiro atoms. The molecule has 0 heterocycles. The first kappa shape index (κ1) is 16.2. The Morgan fingerprint density at radius 1 is 1.43 bits per heavy atom. The summed E-state index contributed by atoms with van der Waals surface area (Å²) < 4.78 is 13.8.